The van der Waals surface area contributed by atoms with E-state index >= 15 is 0 Å². The minimum atomic E-state index is 0.169. The Bertz CT molecular complexity index is 351. The standard InChI is InChI=1S/C12H17NO2S/c1-14-9-3-4-10(12(7-9)16-2)11-8-13-5-6-15-11/h3-4,7,11,13H,5-6,8H2,1-2H3. The van der Waals surface area contributed by atoms with Gasteiger partial charge in [-0.05, 0) is 24.0 Å². The van der Waals surface area contributed by atoms with Gasteiger partial charge in [-0.3, -0.25) is 0 Å². The van der Waals surface area contributed by atoms with Gasteiger partial charge in [-0.15, -0.1) is 11.8 Å². The van der Waals surface area contributed by atoms with Crippen LogP contribution in [0, 0.1) is 0 Å². The zero-order chi connectivity index (χ0) is 11.4. The van der Waals surface area contributed by atoms with Crippen LogP contribution in [0.4, 0.5) is 0 Å². The van der Waals surface area contributed by atoms with Crippen LogP contribution in [0.5, 0.6) is 5.75 Å². The lowest BCUT2D eigenvalue weighted by Crippen LogP contribution is -2.33. The van der Waals surface area contributed by atoms with Crippen molar-refractivity contribution in [3.63, 3.8) is 0 Å². The van der Waals surface area contributed by atoms with Gasteiger partial charge in [-0.2, -0.15) is 0 Å². The number of benzene rings is 1. The van der Waals surface area contributed by atoms with Crippen molar-refractivity contribution < 1.29 is 9.47 Å². The molecule has 1 aliphatic heterocycles. The van der Waals surface area contributed by atoms with Crippen LogP contribution in [0.3, 0.4) is 0 Å². The second kappa shape index (κ2) is 5.57. The molecular weight excluding hydrogens is 222 g/mol. The van der Waals surface area contributed by atoms with Gasteiger partial charge in [0.05, 0.1) is 19.8 Å². The molecule has 1 N–H and O–H groups in total. The van der Waals surface area contributed by atoms with Gasteiger partial charge in [0, 0.05) is 18.0 Å². The van der Waals surface area contributed by atoms with Gasteiger partial charge in [-0.25, -0.2) is 0 Å². The molecule has 16 heavy (non-hydrogen) atoms. The van der Waals surface area contributed by atoms with Crippen LogP contribution in [0.2, 0.25) is 0 Å². The summed E-state index contributed by atoms with van der Waals surface area (Å²) in [7, 11) is 1.69. The first-order chi connectivity index (χ1) is 7.85. The van der Waals surface area contributed by atoms with Crippen LogP contribution in [0.1, 0.15) is 11.7 Å². The molecule has 3 nitrogen and oxygen atoms in total. The average molecular weight is 239 g/mol. The van der Waals surface area contributed by atoms with Gasteiger partial charge in [0.25, 0.3) is 0 Å². The highest BCUT2D eigenvalue weighted by Crippen LogP contribution is 2.31. The van der Waals surface area contributed by atoms with Gasteiger partial charge in [-0.1, -0.05) is 6.07 Å². The summed E-state index contributed by atoms with van der Waals surface area (Å²) in [6.45, 7) is 2.62. The largest absolute Gasteiger partial charge is 0.497 e. The predicted octanol–water partition coefficient (Wildman–Crippen LogP) is 2.08. The normalized spacial score (nSPS) is 20.8. The first kappa shape index (κ1) is 11.8. The van der Waals surface area contributed by atoms with Crippen molar-refractivity contribution in [1.29, 1.82) is 0 Å². The number of methoxy groups -OCH3 is 1. The number of morpholine rings is 1. The molecule has 88 valence electrons. The third kappa shape index (κ3) is 2.51. The van der Waals surface area contributed by atoms with E-state index in [1.807, 2.05) is 6.07 Å². The highest BCUT2D eigenvalue weighted by Gasteiger charge is 2.18. The van der Waals surface area contributed by atoms with E-state index in [0.717, 1.165) is 25.4 Å². The second-order valence-corrected chi connectivity index (χ2v) is 4.52. The fourth-order valence-electron chi connectivity index (χ4n) is 1.85. The van der Waals surface area contributed by atoms with Gasteiger partial charge >= 0.3 is 0 Å². The lowest BCUT2D eigenvalue weighted by atomic mass is 10.1. The molecule has 1 aliphatic rings. The first-order valence-electron chi connectivity index (χ1n) is 5.39. The maximum absolute atomic E-state index is 5.76. The Morgan fingerprint density at radius 1 is 1.50 bits per heavy atom. The summed E-state index contributed by atoms with van der Waals surface area (Å²) in [6, 6.07) is 6.16. The topological polar surface area (TPSA) is 30.5 Å². The SMILES string of the molecule is COc1ccc(C2CNCCO2)c(SC)c1. The lowest BCUT2D eigenvalue weighted by molar-refractivity contribution is 0.0261. The summed E-state index contributed by atoms with van der Waals surface area (Å²) in [5.74, 6) is 0.900. The average Bonchev–Trinajstić information content (AvgIpc) is 2.39. The third-order valence-corrected chi connectivity index (χ3v) is 3.51. The molecule has 0 aromatic heterocycles. The smallest absolute Gasteiger partial charge is 0.119 e. The minimum Gasteiger partial charge on any atom is -0.497 e. The van der Waals surface area contributed by atoms with E-state index < -0.39 is 0 Å². The van der Waals surface area contributed by atoms with Crippen LogP contribution < -0.4 is 10.1 Å². The van der Waals surface area contributed by atoms with Crippen molar-refractivity contribution in [2.75, 3.05) is 33.1 Å². The molecule has 1 heterocycles. The quantitative estimate of drug-likeness (QED) is 0.818. The maximum Gasteiger partial charge on any atom is 0.119 e. The second-order valence-electron chi connectivity index (χ2n) is 3.67. The molecule has 1 aromatic carbocycles. The molecule has 0 saturated carbocycles. The fourth-order valence-corrected chi connectivity index (χ4v) is 2.52. The summed E-state index contributed by atoms with van der Waals surface area (Å²) in [4.78, 5) is 1.23. The third-order valence-electron chi connectivity index (χ3n) is 2.72. The molecule has 4 heteroatoms. The molecule has 1 aromatic rings. The molecule has 1 fully saturated rings. The van der Waals surface area contributed by atoms with Gasteiger partial charge in [0.1, 0.15) is 5.75 Å². The number of rotatable bonds is 3. The highest BCUT2D eigenvalue weighted by molar-refractivity contribution is 7.98. The van der Waals surface area contributed by atoms with Gasteiger partial charge < -0.3 is 14.8 Å². The Morgan fingerprint density at radius 2 is 2.38 bits per heavy atom. The molecule has 0 amide bonds. The number of thioether (sulfide) groups is 1. The monoisotopic (exact) mass is 239 g/mol. The van der Waals surface area contributed by atoms with E-state index in [1.165, 1.54) is 10.5 Å². The van der Waals surface area contributed by atoms with E-state index in [0.29, 0.717) is 0 Å². The van der Waals surface area contributed by atoms with E-state index in [2.05, 4.69) is 23.7 Å². The molecular formula is C12H17NO2S. The molecule has 1 unspecified atom stereocenters. The van der Waals surface area contributed by atoms with E-state index in [1.54, 1.807) is 18.9 Å². The van der Waals surface area contributed by atoms with E-state index in [4.69, 9.17) is 9.47 Å². The number of ether oxygens (including phenoxy) is 2. The van der Waals surface area contributed by atoms with Crippen molar-refractivity contribution in [3.8, 4) is 5.75 Å². The van der Waals surface area contributed by atoms with Crippen LogP contribution in [0.25, 0.3) is 0 Å². The summed E-state index contributed by atoms with van der Waals surface area (Å²) in [5.41, 5.74) is 1.25. The molecule has 2 rings (SSSR count). The van der Waals surface area contributed by atoms with Crippen molar-refractivity contribution >= 4 is 11.8 Å². The highest BCUT2D eigenvalue weighted by atomic mass is 32.2. The minimum absolute atomic E-state index is 0.169. The Hall–Kier alpha value is -0.710. The number of nitrogens with one attached hydrogen (secondary N) is 1. The van der Waals surface area contributed by atoms with E-state index in [9.17, 15) is 0 Å². The van der Waals surface area contributed by atoms with Crippen molar-refractivity contribution in [3.05, 3.63) is 23.8 Å². The van der Waals surface area contributed by atoms with Gasteiger partial charge in [0.15, 0.2) is 0 Å². The lowest BCUT2D eigenvalue weighted by Gasteiger charge is -2.25. The number of hydrogen-bond acceptors (Lipinski definition) is 4. The summed E-state index contributed by atoms with van der Waals surface area (Å²) >= 11 is 1.73. The molecule has 1 atom stereocenters. The Balaban J connectivity index is 2.24. The zero-order valence-corrected chi connectivity index (χ0v) is 10.5. The van der Waals surface area contributed by atoms with Crippen molar-refractivity contribution in [2.45, 2.75) is 11.0 Å². The molecule has 0 spiro atoms. The van der Waals surface area contributed by atoms with E-state index in [-0.39, 0.29) is 6.10 Å². The Labute approximate surface area is 101 Å². The summed E-state index contributed by atoms with van der Waals surface area (Å²) in [5, 5.41) is 3.35. The van der Waals surface area contributed by atoms with Crippen molar-refractivity contribution in [2.24, 2.45) is 0 Å². The fraction of sp³-hybridized carbons (Fsp3) is 0.500. The zero-order valence-electron chi connectivity index (χ0n) is 9.66. The Kier molecular flexibility index (Phi) is 4.09. The summed E-state index contributed by atoms with van der Waals surface area (Å²) < 4.78 is 11.0. The number of hydrogen-bond donors (Lipinski definition) is 1. The van der Waals surface area contributed by atoms with Crippen molar-refractivity contribution in [1.82, 2.24) is 5.32 Å². The Morgan fingerprint density at radius 3 is 3.00 bits per heavy atom. The van der Waals surface area contributed by atoms with Crippen LogP contribution in [-0.2, 0) is 4.74 Å². The molecule has 0 bridgehead atoms. The molecule has 0 radical (unpaired) electrons. The predicted molar refractivity (Wildman–Crippen MR) is 66.3 cm³/mol. The van der Waals surface area contributed by atoms with Crippen LogP contribution in [-0.4, -0.2) is 33.1 Å². The van der Waals surface area contributed by atoms with Gasteiger partial charge in [0.2, 0.25) is 0 Å². The van der Waals surface area contributed by atoms with Crippen LogP contribution >= 0.6 is 11.8 Å². The first-order valence-corrected chi connectivity index (χ1v) is 6.62. The molecule has 0 aliphatic carbocycles. The molecule has 1 saturated heterocycles. The summed E-state index contributed by atoms with van der Waals surface area (Å²) in [6.07, 6.45) is 2.25. The maximum atomic E-state index is 5.76. The van der Waals surface area contributed by atoms with Crippen LogP contribution in [0.15, 0.2) is 23.1 Å².